The second-order valence-electron chi connectivity index (χ2n) is 6.34. The van der Waals surface area contributed by atoms with Crippen molar-refractivity contribution >= 4 is 21.4 Å². The molecule has 0 saturated carbocycles. The maximum atomic E-state index is 13.4. The number of imidazole rings is 1. The molecular formula is C21H19N3O2S. The second-order valence-corrected chi connectivity index (χ2v) is 8.20. The summed E-state index contributed by atoms with van der Waals surface area (Å²) in [7, 11) is -3.72. The number of benzene rings is 2. The van der Waals surface area contributed by atoms with E-state index in [4.69, 9.17) is 0 Å². The summed E-state index contributed by atoms with van der Waals surface area (Å²) in [4.78, 5) is 4.64. The number of aryl methyl sites for hydroxylation is 1. The Labute approximate surface area is 158 Å². The zero-order chi connectivity index (χ0) is 18.9. The van der Waals surface area contributed by atoms with Crippen molar-refractivity contribution in [2.75, 3.05) is 4.31 Å². The molecule has 5 nitrogen and oxygen atoms in total. The van der Waals surface area contributed by atoms with Crippen LogP contribution in [0.1, 0.15) is 11.3 Å². The van der Waals surface area contributed by atoms with E-state index >= 15 is 0 Å². The molecular weight excluding hydrogens is 358 g/mol. The van der Waals surface area contributed by atoms with Crippen molar-refractivity contribution in [2.24, 2.45) is 0 Å². The average molecular weight is 377 g/mol. The highest BCUT2D eigenvalue weighted by atomic mass is 32.2. The Kier molecular flexibility index (Phi) is 4.41. The lowest BCUT2D eigenvalue weighted by atomic mass is 10.2. The predicted molar refractivity (Wildman–Crippen MR) is 106 cm³/mol. The van der Waals surface area contributed by atoms with E-state index in [-0.39, 0.29) is 11.4 Å². The first-order valence-corrected chi connectivity index (χ1v) is 10.1. The van der Waals surface area contributed by atoms with Gasteiger partial charge in [-0.15, -0.1) is 0 Å². The van der Waals surface area contributed by atoms with Gasteiger partial charge in [-0.3, -0.25) is 4.31 Å². The van der Waals surface area contributed by atoms with Crippen LogP contribution in [0.25, 0.3) is 5.65 Å². The normalized spacial score (nSPS) is 11.6. The molecule has 0 aliphatic carbocycles. The minimum atomic E-state index is -3.72. The van der Waals surface area contributed by atoms with Gasteiger partial charge < -0.3 is 4.40 Å². The molecule has 2 aromatic heterocycles. The van der Waals surface area contributed by atoms with E-state index in [1.807, 2.05) is 66.1 Å². The highest BCUT2D eigenvalue weighted by molar-refractivity contribution is 7.92. The fraction of sp³-hybridized carbons (Fsp3) is 0.0952. The van der Waals surface area contributed by atoms with Gasteiger partial charge in [-0.1, -0.05) is 42.0 Å². The number of hydrogen-bond donors (Lipinski definition) is 0. The predicted octanol–water partition coefficient (Wildman–Crippen LogP) is 4.04. The second kappa shape index (κ2) is 6.89. The van der Waals surface area contributed by atoms with Crippen LogP contribution in [0.2, 0.25) is 0 Å². The number of aromatic nitrogens is 2. The molecule has 0 aliphatic heterocycles. The van der Waals surface area contributed by atoms with Crippen molar-refractivity contribution in [3.8, 4) is 0 Å². The number of sulfonamides is 1. The number of anilines is 1. The van der Waals surface area contributed by atoms with Crippen molar-refractivity contribution in [2.45, 2.75) is 18.4 Å². The standard InChI is InChI=1S/C21H19N3O2S/c1-17-10-12-20(13-11-17)27(25,26)24(18-7-3-2-4-8-18)16-19-15-22-21-9-5-6-14-23(19)21/h2-15H,16H2,1H3. The van der Waals surface area contributed by atoms with Crippen LogP contribution < -0.4 is 4.31 Å². The van der Waals surface area contributed by atoms with E-state index in [1.54, 1.807) is 30.5 Å². The van der Waals surface area contributed by atoms with Crippen molar-refractivity contribution in [1.29, 1.82) is 0 Å². The van der Waals surface area contributed by atoms with E-state index in [9.17, 15) is 8.42 Å². The summed E-state index contributed by atoms with van der Waals surface area (Å²) in [6, 6.07) is 21.8. The first-order chi connectivity index (χ1) is 13.1. The minimum Gasteiger partial charge on any atom is -0.302 e. The van der Waals surface area contributed by atoms with Gasteiger partial charge in [0, 0.05) is 6.20 Å². The third kappa shape index (κ3) is 3.31. The highest BCUT2D eigenvalue weighted by Crippen LogP contribution is 2.26. The van der Waals surface area contributed by atoms with Crippen molar-refractivity contribution in [3.05, 3.63) is 96.4 Å². The van der Waals surface area contributed by atoms with Crippen LogP contribution in [0.4, 0.5) is 5.69 Å². The van der Waals surface area contributed by atoms with Gasteiger partial charge in [0.15, 0.2) is 0 Å². The lowest BCUT2D eigenvalue weighted by Gasteiger charge is -2.24. The Hall–Kier alpha value is -3.12. The molecule has 0 unspecified atom stereocenters. The molecule has 0 bridgehead atoms. The Morgan fingerprint density at radius 3 is 2.37 bits per heavy atom. The molecule has 4 rings (SSSR count). The molecule has 0 fully saturated rings. The minimum absolute atomic E-state index is 0.186. The molecule has 0 radical (unpaired) electrons. The fourth-order valence-electron chi connectivity index (χ4n) is 3.00. The third-order valence-electron chi connectivity index (χ3n) is 4.45. The zero-order valence-corrected chi connectivity index (χ0v) is 15.7. The molecule has 2 aromatic carbocycles. The summed E-state index contributed by atoms with van der Waals surface area (Å²) in [5.41, 5.74) is 3.21. The molecule has 0 aliphatic rings. The third-order valence-corrected chi connectivity index (χ3v) is 6.24. The van der Waals surface area contributed by atoms with Gasteiger partial charge in [-0.2, -0.15) is 0 Å². The molecule has 2 heterocycles. The van der Waals surface area contributed by atoms with Gasteiger partial charge in [0.1, 0.15) is 5.65 Å². The Bertz CT molecular complexity index is 1170. The van der Waals surface area contributed by atoms with Gasteiger partial charge in [0.05, 0.1) is 29.0 Å². The topological polar surface area (TPSA) is 54.7 Å². The summed E-state index contributed by atoms with van der Waals surface area (Å²) in [6.07, 6.45) is 3.61. The SMILES string of the molecule is Cc1ccc(S(=O)(=O)N(Cc2cnc3ccccn23)c2ccccc2)cc1. The fourth-order valence-corrected chi connectivity index (χ4v) is 4.43. The van der Waals surface area contributed by atoms with Crippen LogP contribution in [0.15, 0.2) is 90.1 Å². The maximum absolute atomic E-state index is 13.4. The molecule has 0 N–H and O–H groups in total. The monoisotopic (exact) mass is 377 g/mol. The molecule has 6 heteroatoms. The molecule has 4 aromatic rings. The van der Waals surface area contributed by atoms with Crippen LogP contribution in [-0.2, 0) is 16.6 Å². The smallest absolute Gasteiger partial charge is 0.264 e. The summed E-state index contributed by atoms with van der Waals surface area (Å²) in [6.45, 7) is 2.12. The van der Waals surface area contributed by atoms with Gasteiger partial charge in [-0.25, -0.2) is 13.4 Å². The van der Waals surface area contributed by atoms with Gasteiger partial charge in [0.2, 0.25) is 0 Å². The molecule has 0 spiro atoms. The van der Waals surface area contributed by atoms with Crippen molar-refractivity contribution in [1.82, 2.24) is 9.38 Å². The number of nitrogens with zero attached hydrogens (tertiary/aromatic N) is 3. The molecule has 27 heavy (non-hydrogen) atoms. The van der Waals surface area contributed by atoms with Crippen LogP contribution in [0.3, 0.4) is 0 Å². The quantitative estimate of drug-likeness (QED) is 0.527. The van der Waals surface area contributed by atoms with Gasteiger partial charge in [-0.05, 0) is 43.3 Å². The average Bonchev–Trinajstić information content (AvgIpc) is 3.10. The number of rotatable bonds is 5. The van der Waals surface area contributed by atoms with Crippen molar-refractivity contribution < 1.29 is 8.42 Å². The first kappa shape index (κ1) is 17.3. The first-order valence-electron chi connectivity index (χ1n) is 8.61. The van der Waals surface area contributed by atoms with E-state index in [0.717, 1.165) is 16.9 Å². The van der Waals surface area contributed by atoms with E-state index in [0.29, 0.717) is 5.69 Å². The van der Waals surface area contributed by atoms with Crippen LogP contribution in [0.5, 0.6) is 0 Å². The molecule has 136 valence electrons. The number of hydrogen-bond acceptors (Lipinski definition) is 3. The Balaban J connectivity index is 1.81. The van der Waals surface area contributed by atoms with Crippen LogP contribution in [-0.4, -0.2) is 17.8 Å². The molecule has 0 amide bonds. The summed E-state index contributed by atoms with van der Waals surface area (Å²) >= 11 is 0. The largest absolute Gasteiger partial charge is 0.302 e. The summed E-state index contributed by atoms with van der Waals surface area (Å²) in [5, 5.41) is 0. The highest BCUT2D eigenvalue weighted by Gasteiger charge is 2.26. The Morgan fingerprint density at radius 1 is 0.926 bits per heavy atom. The lowest BCUT2D eigenvalue weighted by Crippen LogP contribution is -2.31. The summed E-state index contributed by atoms with van der Waals surface area (Å²) < 4.78 is 30.1. The Morgan fingerprint density at radius 2 is 1.63 bits per heavy atom. The van der Waals surface area contributed by atoms with Gasteiger partial charge >= 0.3 is 0 Å². The number of fused-ring (bicyclic) bond motifs is 1. The summed E-state index contributed by atoms with van der Waals surface area (Å²) in [5.74, 6) is 0. The van der Waals surface area contributed by atoms with Crippen LogP contribution >= 0.6 is 0 Å². The lowest BCUT2D eigenvalue weighted by molar-refractivity contribution is 0.589. The van der Waals surface area contributed by atoms with E-state index in [2.05, 4.69) is 4.98 Å². The van der Waals surface area contributed by atoms with Gasteiger partial charge in [0.25, 0.3) is 10.0 Å². The number of para-hydroxylation sites is 1. The van der Waals surface area contributed by atoms with E-state index < -0.39 is 10.0 Å². The van der Waals surface area contributed by atoms with Crippen molar-refractivity contribution in [3.63, 3.8) is 0 Å². The van der Waals surface area contributed by atoms with E-state index in [1.165, 1.54) is 4.31 Å². The molecule has 0 saturated heterocycles. The maximum Gasteiger partial charge on any atom is 0.264 e. The number of pyridine rings is 1. The molecule has 0 atom stereocenters. The van der Waals surface area contributed by atoms with Crippen LogP contribution in [0, 0.1) is 6.92 Å². The zero-order valence-electron chi connectivity index (χ0n) is 14.9.